The van der Waals surface area contributed by atoms with E-state index in [-0.39, 0.29) is 23.8 Å². The molecular weight excluding hydrogens is 441 g/mol. The van der Waals surface area contributed by atoms with E-state index < -0.39 is 5.41 Å². The topological polar surface area (TPSA) is 71.1 Å². The summed E-state index contributed by atoms with van der Waals surface area (Å²) in [5.74, 6) is -0.0269. The number of halogens is 1. The fourth-order valence-corrected chi connectivity index (χ4v) is 4.52. The zero-order valence-electron chi connectivity index (χ0n) is 19.7. The van der Waals surface area contributed by atoms with E-state index in [0.29, 0.717) is 39.8 Å². The summed E-state index contributed by atoms with van der Waals surface area (Å²) in [5, 5.41) is 10.0. The van der Waals surface area contributed by atoms with Gasteiger partial charge in [-0.05, 0) is 78.9 Å². The Kier molecular flexibility index (Phi) is 5.61. The van der Waals surface area contributed by atoms with Gasteiger partial charge in [-0.1, -0.05) is 25.1 Å². The van der Waals surface area contributed by atoms with Gasteiger partial charge in [-0.2, -0.15) is 5.26 Å². The number of ketones is 2. The molecule has 4 aromatic rings. The molecule has 35 heavy (non-hydrogen) atoms. The standard InChI is InChI=1S/C30H24FNO3/c1-3-25(33)28-24-14-20(8-11-27(24)35-29(28)19-6-9-22(31)10-7-19)23-15-21(5-4-18(23)2)26(34)16-30(17-32)12-13-30/h4-11,14-15H,3,12-13,16H2,1-2H3. The molecule has 5 rings (SSSR count). The normalized spacial score (nSPS) is 14.0. The number of hydrogen-bond acceptors (Lipinski definition) is 4. The van der Waals surface area contributed by atoms with E-state index in [1.165, 1.54) is 12.1 Å². The number of nitrogens with zero attached hydrogens (tertiary/aromatic N) is 1. The lowest BCUT2D eigenvalue weighted by Gasteiger charge is -2.11. The maximum absolute atomic E-state index is 13.5. The van der Waals surface area contributed by atoms with Gasteiger partial charge in [0, 0.05) is 29.4 Å². The van der Waals surface area contributed by atoms with E-state index in [4.69, 9.17) is 4.42 Å². The van der Waals surface area contributed by atoms with E-state index in [1.54, 1.807) is 19.1 Å². The van der Waals surface area contributed by atoms with Crippen LogP contribution >= 0.6 is 0 Å². The summed E-state index contributed by atoms with van der Waals surface area (Å²) >= 11 is 0. The molecule has 1 aliphatic carbocycles. The van der Waals surface area contributed by atoms with Crippen LogP contribution in [-0.4, -0.2) is 11.6 Å². The van der Waals surface area contributed by atoms with Gasteiger partial charge >= 0.3 is 0 Å². The Balaban J connectivity index is 1.60. The molecule has 1 heterocycles. The third kappa shape index (κ3) is 4.17. The summed E-state index contributed by atoms with van der Waals surface area (Å²) in [4.78, 5) is 25.9. The van der Waals surface area contributed by atoms with Crippen LogP contribution in [0.1, 0.15) is 58.9 Å². The van der Waals surface area contributed by atoms with Crippen molar-refractivity contribution in [3.63, 3.8) is 0 Å². The largest absolute Gasteiger partial charge is 0.455 e. The molecule has 1 aromatic heterocycles. The molecule has 0 amide bonds. The third-order valence-electron chi connectivity index (χ3n) is 6.85. The number of fused-ring (bicyclic) bond motifs is 1. The maximum Gasteiger partial charge on any atom is 0.167 e. The lowest BCUT2D eigenvalue weighted by atomic mass is 9.91. The first-order valence-electron chi connectivity index (χ1n) is 11.8. The number of benzene rings is 3. The molecule has 4 nitrogen and oxygen atoms in total. The third-order valence-corrected chi connectivity index (χ3v) is 6.85. The SMILES string of the molecule is CCC(=O)c1c(-c2ccc(F)cc2)oc2ccc(-c3cc(C(=O)CC4(C#N)CC4)ccc3C)cc12. The second-order valence-corrected chi connectivity index (χ2v) is 9.32. The maximum atomic E-state index is 13.5. The molecule has 1 aliphatic rings. The smallest absolute Gasteiger partial charge is 0.167 e. The van der Waals surface area contributed by atoms with Crippen molar-refractivity contribution in [3.05, 3.63) is 83.2 Å². The minimum absolute atomic E-state index is 0.0323. The van der Waals surface area contributed by atoms with Crippen molar-refractivity contribution in [3.8, 4) is 28.5 Å². The molecule has 0 spiro atoms. The predicted octanol–water partition coefficient (Wildman–Crippen LogP) is 7.68. The highest BCUT2D eigenvalue weighted by molar-refractivity contribution is 6.12. The van der Waals surface area contributed by atoms with Crippen LogP contribution in [0.15, 0.2) is 65.1 Å². The Morgan fingerprint density at radius 3 is 2.37 bits per heavy atom. The number of nitriles is 1. The number of Topliss-reactive ketones (excluding diaryl/α,β-unsaturated/α-hetero) is 2. The second-order valence-electron chi connectivity index (χ2n) is 9.32. The fraction of sp³-hybridized carbons (Fsp3) is 0.233. The highest BCUT2D eigenvalue weighted by Crippen LogP contribution is 2.48. The molecule has 3 aromatic carbocycles. The molecule has 0 atom stereocenters. The molecule has 0 unspecified atom stereocenters. The Bertz CT molecular complexity index is 1520. The fourth-order valence-electron chi connectivity index (χ4n) is 4.52. The van der Waals surface area contributed by atoms with Crippen molar-refractivity contribution in [2.24, 2.45) is 5.41 Å². The van der Waals surface area contributed by atoms with Gasteiger partial charge in [0.1, 0.15) is 17.2 Å². The Morgan fingerprint density at radius 2 is 1.71 bits per heavy atom. The van der Waals surface area contributed by atoms with Gasteiger partial charge < -0.3 is 4.42 Å². The average molecular weight is 466 g/mol. The molecule has 1 saturated carbocycles. The van der Waals surface area contributed by atoms with Gasteiger partial charge in [0.25, 0.3) is 0 Å². The molecule has 0 bridgehead atoms. The summed E-state index contributed by atoms with van der Waals surface area (Å²) in [6.07, 6.45) is 2.09. The summed E-state index contributed by atoms with van der Waals surface area (Å²) in [5.41, 5.74) is 4.51. The summed E-state index contributed by atoms with van der Waals surface area (Å²) < 4.78 is 19.6. The van der Waals surface area contributed by atoms with Crippen molar-refractivity contribution >= 4 is 22.5 Å². The van der Waals surface area contributed by atoms with Crippen LogP contribution < -0.4 is 0 Å². The quantitative estimate of drug-likeness (QED) is 0.262. The molecule has 0 saturated heterocycles. The van der Waals surface area contributed by atoms with Crippen molar-refractivity contribution in [2.45, 2.75) is 39.5 Å². The van der Waals surface area contributed by atoms with Crippen molar-refractivity contribution < 1.29 is 18.4 Å². The molecular formula is C30H24FNO3. The van der Waals surface area contributed by atoms with Crippen LogP contribution in [0.4, 0.5) is 4.39 Å². The van der Waals surface area contributed by atoms with Crippen LogP contribution in [-0.2, 0) is 0 Å². The lowest BCUT2D eigenvalue weighted by molar-refractivity contribution is 0.0963. The summed E-state index contributed by atoms with van der Waals surface area (Å²) in [6, 6.07) is 19.4. The van der Waals surface area contributed by atoms with Gasteiger partial charge in [0.15, 0.2) is 11.6 Å². The number of hydrogen-bond donors (Lipinski definition) is 0. The van der Waals surface area contributed by atoms with Crippen molar-refractivity contribution in [2.75, 3.05) is 0 Å². The van der Waals surface area contributed by atoms with E-state index in [0.717, 1.165) is 29.5 Å². The average Bonchev–Trinajstić information content (AvgIpc) is 3.54. The Labute approximate surface area is 203 Å². The van der Waals surface area contributed by atoms with Gasteiger partial charge in [-0.25, -0.2) is 4.39 Å². The van der Waals surface area contributed by atoms with E-state index >= 15 is 0 Å². The van der Waals surface area contributed by atoms with E-state index in [9.17, 15) is 19.2 Å². The first-order chi connectivity index (χ1) is 16.8. The zero-order chi connectivity index (χ0) is 24.7. The zero-order valence-corrected chi connectivity index (χ0v) is 19.7. The van der Waals surface area contributed by atoms with Gasteiger partial charge in [0.2, 0.25) is 0 Å². The molecule has 174 valence electrons. The Hall–Kier alpha value is -4.04. The number of rotatable bonds is 7. The monoisotopic (exact) mass is 465 g/mol. The van der Waals surface area contributed by atoms with Crippen molar-refractivity contribution in [1.29, 1.82) is 5.26 Å². The second kappa shape index (κ2) is 8.63. The summed E-state index contributed by atoms with van der Waals surface area (Å²) in [6.45, 7) is 3.77. The number of carbonyl (C=O) groups is 2. The minimum atomic E-state index is -0.496. The molecule has 0 radical (unpaired) electrons. The number of aryl methyl sites for hydroxylation is 1. The van der Waals surface area contributed by atoms with E-state index in [2.05, 4.69) is 6.07 Å². The number of carbonyl (C=O) groups excluding carboxylic acids is 2. The van der Waals surface area contributed by atoms with Gasteiger partial charge in [0.05, 0.1) is 17.0 Å². The first kappa shape index (κ1) is 22.7. The van der Waals surface area contributed by atoms with Crippen molar-refractivity contribution in [1.82, 2.24) is 0 Å². The molecule has 0 N–H and O–H groups in total. The highest BCUT2D eigenvalue weighted by Gasteiger charge is 2.44. The molecule has 0 aliphatic heterocycles. The Morgan fingerprint density at radius 1 is 1.00 bits per heavy atom. The van der Waals surface area contributed by atoms with Crippen LogP contribution in [0.2, 0.25) is 0 Å². The van der Waals surface area contributed by atoms with E-state index in [1.807, 2.05) is 43.3 Å². The van der Waals surface area contributed by atoms with Crippen LogP contribution in [0.25, 0.3) is 33.4 Å². The van der Waals surface area contributed by atoms with Crippen LogP contribution in [0.5, 0.6) is 0 Å². The predicted molar refractivity (Wildman–Crippen MR) is 133 cm³/mol. The molecule has 5 heteroatoms. The first-order valence-corrected chi connectivity index (χ1v) is 11.8. The molecule has 1 fully saturated rings. The van der Waals surface area contributed by atoms with Gasteiger partial charge in [-0.15, -0.1) is 0 Å². The lowest BCUT2D eigenvalue weighted by Crippen LogP contribution is -2.08. The van der Waals surface area contributed by atoms with Crippen LogP contribution in [0.3, 0.4) is 0 Å². The number of furan rings is 1. The summed E-state index contributed by atoms with van der Waals surface area (Å²) in [7, 11) is 0. The van der Waals surface area contributed by atoms with Gasteiger partial charge in [-0.3, -0.25) is 9.59 Å². The minimum Gasteiger partial charge on any atom is -0.455 e. The van der Waals surface area contributed by atoms with Crippen LogP contribution in [0, 0.1) is 29.5 Å². The highest BCUT2D eigenvalue weighted by atomic mass is 19.1.